The van der Waals surface area contributed by atoms with E-state index in [0.29, 0.717) is 0 Å². The van der Waals surface area contributed by atoms with Crippen LogP contribution in [-0.2, 0) is 0 Å². The van der Waals surface area contributed by atoms with Crippen molar-refractivity contribution in [3.63, 3.8) is 0 Å². The molecule has 7 heteroatoms. The molecule has 4 rings (SSSR count). The maximum atomic E-state index is 4.58. The third kappa shape index (κ3) is 6.75. The van der Waals surface area contributed by atoms with Gasteiger partial charge in [-0.1, -0.05) is 18.6 Å². The molecule has 3 fully saturated rings. The van der Waals surface area contributed by atoms with Gasteiger partial charge in [-0.3, -0.25) is 9.89 Å². The van der Waals surface area contributed by atoms with E-state index in [4.69, 9.17) is 0 Å². The molecular weight excluding hydrogens is 523 g/mol. The fraction of sp³-hybridized carbons (Fsp3) is 0.731. The van der Waals surface area contributed by atoms with Gasteiger partial charge < -0.3 is 20.4 Å². The summed E-state index contributed by atoms with van der Waals surface area (Å²) in [6.45, 7) is 10.4. The second-order valence-corrected chi connectivity index (χ2v) is 10.2. The number of hydrogen-bond acceptors (Lipinski definition) is 4. The molecule has 186 valence electrons. The predicted octanol–water partition coefficient (Wildman–Crippen LogP) is 4.08. The van der Waals surface area contributed by atoms with Crippen LogP contribution in [0.5, 0.6) is 0 Å². The lowest BCUT2D eigenvalue weighted by atomic mass is 9.84. The zero-order chi connectivity index (χ0) is 22.4. The van der Waals surface area contributed by atoms with Crippen LogP contribution in [0.2, 0.25) is 0 Å². The number of guanidine groups is 1. The average molecular weight is 569 g/mol. The highest BCUT2D eigenvalue weighted by Crippen LogP contribution is 2.31. The third-order valence-electron chi connectivity index (χ3n) is 7.95. The van der Waals surface area contributed by atoms with Crippen molar-refractivity contribution in [1.29, 1.82) is 0 Å². The Kier molecular flexibility index (Phi) is 10.1. The Morgan fingerprint density at radius 2 is 1.67 bits per heavy atom. The van der Waals surface area contributed by atoms with Gasteiger partial charge in [0.2, 0.25) is 0 Å². The monoisotopic (exact) mass is 568 g/mol. The number of aliphatic imine (C=N–C) groups is 1. The molecule has 1 atom stereocenters. The van der Waals surface area contributed by atoms with Crippen LogP contribution in [0.3, 0.4) is 0 Å². The van der Waals surface area contributed by atoms with Gasteiger partial charge in [-0.05, 0) is 96.4 Å². The number of hydrogen-bond donors (Lipinski definition) is 2. The second-order valence-electron chi connectivity index (χ2n) is 10.2. The minimum absolute atomic E-state index is 0. The number of benzene rings is 1. The normalized spacial score (nSPS) is 23.1. The van der Waals surface area contributed by atoms with E-state index in [1.807, 2.05) is 7.05 Å². The summed E-state index contributed by atoms with van der Waals surface area (Å²) in [5.41, 5.74) is 2.93. The maximum absolute atomic E-state index is 4.58. The molecule has 0 aromatic heterocycles. The van der Waals surface area contributed by atoms with E-state index >= 15 is 0 Å². The highest BCUT2D eigenvalue weighted by Gasteiger charge is 2.39. The molecule has 0 aliphatic carbocycles. The summed E-state index contributed by atoms with van der Waals surface area (Å²) in [5.74, 6) is 0.916. The van der Waals surface area contributed by atoms with Crippen LogP contribution in [0.4, 0.5) is 5.69 Å². The van der Waals surface area contributed by atoms with Crippen LogP contribution >= 0.6 is 24.0 Å². The van der Waals surface area contributed by atoms with E-state index in [0.717, 1.165) is 12.5 Å². The molecular formula is C26H45IN6. The molecule has 3 saturated heterocycles. The number of anilines is 1. The van der Waals surface area contributed by atoms with Crippen LogP contribution in [0.1, 0.15) is 63.5 Å². The van der Waals surface area contributed by atoms with Gasteiger partial charge in [0.1, 0.15) is 0 Å². The van der Waals surface area contributed by atoms with E-state index in [2.05, 4.69) is 68.6 Å². The first-order valence-electron chi connectivity index (χ1n) is 12.9. The van der Waals surface area contributed by atoms with E-state index in [1.54, 1.807) is 0 Å². The molecule has 3 aliphatic heterocycles. The largest absolute Gasteiger partial charge is 0.372 e. The minimum atomic E-state index is 0. The third-order valence-corrected chi connectivity index (χ3v) is 7.95. The van der Waals surface area contributed by atoms with Gasteiger partial charge in [-0.25, -0.2) is 0 Å². The molecule has 33 heavy (non-hydrogen) atoms. The molecule has 0 saturated carbocycles. The van der Waals surface area contributed by atoms with Crippen LogP contribution in [0.15, 0.2) is 29.3 Å². The molecule has 1 aromatic rings. The van der Waals surface area contributed by atoms with Gasteiger partial charge in [-0.15, -0.1) is 24.0 Å². The van der Waals surface area contributed by atoms with Gasteiger partial charge in [-0.2, -0.15) is 0 Å². The van der Waals surface area contributed by atoms with E-state index in [1.165, 1.54) is 95.5 Å². The molecule has 0 amide bonds. The van der Waals surface area contributed by atoms with Crippen molar-refractivity contribution in [2.45, 2.75) is 63.5 Å². The predicted molar refractivity (Wildman–Crippen MR) is 151 cm³/mol. The topological polar surface area (TPSA) is 46.1 Å². The first-order chi connectivity index (χ1) is 15.6. The van der Waals surface area contributed by atoms with Crippen LogP contribution in [-0.4, -0.2) is 81.2 Å². The number of halogens is 1. The zero-order valence-electron chi connectivity index (χ0n) is 21.0. The van der Waals surface area contributed by atoms with Gasteiger partial charge in [0, 0.05) is 37.9 Å². The van der Waals surface area contributed by atoms with Crippen molar-refractivity contribution < 1.29 is 0 Å². The standard InChI is InChI=1S/C26H44N6.HI/c1-22(23-10-9-11-24(20-23)31-14-7-8-15-31)29-25(27-2)28-21-26(12-18-30(3)19-13-26)32-16-5-4-6-17-32;/h9-11,20,22H,4-8,12-19,21H2,1-3H3,(H2,27,28,29);1H. The summed E-state index contributed by atoms with van der Waals surface area (Å²) in [6, 6.07) is 9.24. The van der Waals surface area contributed by atoms with Crippen molar-refractivity contribution in [2.24, 2.45) is 4.99 Å². The van der Waals surface area contributed by atoms with Crippen molar-refractivity contribution in [1.82, 2.24) is 20.4 Å². The summed E-state index contributed by atoms with van der Waals surface area (Å²) in [5, 5.41) is 7.39. The quantitative estimate of drug-likeness (QED) is 0.308. The highest BCUT2D eigenvalue weighted by atomic mass is 127. The molecule has 0 spiro atoms. The Morgan fingerprint density at radius 3 is 2.33 bits per heavy atom. The van der Waals surface area contributed by atoms with Crippen molar-refractivity contribution in [3.8, 4) is 0 Å². The summed E-state index contributed by atoms with van der Waals surface area (Å²) in [6.07, 6.45) is 9.16. The molecule has 1 aromatic carbocycles. The Morgan fingerprint density at radius 1 is 1.00 bits per heavy atom. The second kappa shape index (κ2) is 12.6. The number of piperidine rings is 2. The first-order valence-corrected chi connectivity index (χ1v) is 12.9. The highest BCUT2D eigenvalue weighted by molar-refractivity contribution is 14.0. The van der Waals surface area contributed by atoms with E-state index in [-0.39, 0.29) is 35.6 Å². The van der Waals surface area contributed by atoms with Crippen LogP contribution in [0, 0.1) is 0 Å². The smallest absolute Gasteiger partial charge is 0.191 e. The lowest BCUT2D eigenvalue weighted by Gasteiger charge is -2.50. The number of nitrogens with one attached hydrogen (secondary N) is 2. The van der Waals surface area contributed by atoms with Crippen molar-refractivity contribution >= 4 is 35.6 Å². The molecule has 3 aliphatic rings. The van der Waals surface area contributed by atoms with Crippen molar-refractivity contribution in [2.75, 3.05) is 64.8 Å². The van der Waals surface area contributed by atoms with E-state index < -0.39 is 0 Å². The summed E-state index contributed by atoms with van der Waals surface area (Å²) >= 11 is 0. The summed E-state index contributed by atoms with van der Waals surface area (Å²) in [4.78, 5) is 12.4. The summed E-state index contributed by atoms with van der Waals surface area (Å²) < 4.78 is 0. The Hall–Kier alpha value is -1.06. The van der Waals surface area contributed by atoms with E-state index in [9.17, 15) is 0 Å². The van der Waals surface area contributed by atoms with Gasteiger partial charge in [0.05, 0.1) is 6.04 Å². The number of likely N-dealkylation sites (tertiary alicyclic amines) is 2. The Bertz CT molecular complexity index is 749. The molecule has 0 bridgehead atoms. The molecule has 2 N–H and O–H groups in total. The minimum Gasteiger partial charge on any atom is -0.372 e. The zero-order valence-corrected chi connectivity index (χ0v) is 23.3. The number of rotatable bonds is 6. The summed E-state index contributed by atoms with van der Waals surface area (Å²) in [7, 11) is 4.15. The Balaban J connectivity index is 0.00000306. The molecule has 1 unspecified atom stereocenters. The first kappa shape index (κ1) is 26.5. The molecule has 3 heterocycles. The van der Waals surface area contributed by atoms with Gasteiger partial charge >= 0.3 is 0 Å². The lowest BCUT2D eigenvalue weighted by Crippen LogP contribution is -2.62. The fourth-order valence-corrected chi connectivity index (χ4v) is 5.71. The lowest BCUT2D eigenvalue weighted by molar-refractivity contribution is 0.0173. The Labute approximate surface area is 218 Å². The maximum Gasteiger partial charge on any atom is 0.191 e. The molecule has 0 radical (unpaired) electrons. The van der Waals surface area contributed by atoms with Crippen LogP contribution < -0.4 is 15.5 Å². The van der Waals surface area contributed by atoms with Crippen molar-refractivity contribution in [3.05, 3.63) is 29.8 Å². The van der Waals surface area contributed by atoms with Gasteiger partial charge in [0.25, 0.3) is 0 Å². The SMILES string of the molecule is CN=C(NCC1(N2CCCCC2)CCN(C)CC1)NC(C)c1cccc(N2CCCC2)c1.I. The fourth-order valence-electron chi connectivity index (χ4n) is 5.71. The van der Waals surface area contributed by atoms with Crippen LogP contribution in [0.25, 0.3) is 0 Å². The molecule has 6 nitrogen and oxygen atoms in total. The number of nitrogens with zero attached hydrogens (tertiary/aromatic N) is 4. The van der Waals surface area contributed by atoms with Gasteiger partial charge in [0.15, 0.2) is 5.96 Å². The average Bonchev–Trinajstić information content (AvgIpc) is 3.39.